The molecule has 0 saturated heterocycles. The third-order valence-corrected chi connectivity index (χ3v) is 2.54. The molecule has 1 aromatic heterocycles. The van der Waals surface area contributed by atoms with Gasteiger partial charge in [0.25, 0.3) is 0 Å². The minimum absolute atomic E-state index is 0.0391. The van der Waals surface area contributed by atoms with Crippen molar-refractivity contribution in [3.05, 3.63) is 40.9 Å². The molecule has 0 radical (unpaired) electrons. The van der Waals surface area contributed by atoms with Crippen molar-refractivity contribution in [3.8, 4) is 5.75 Å². The quantitative estimate of drug-likeness (QED) is 0.907. The molecular formula is C11H9ClFN3O3. The monoisotopic (exact) mass is 285 g/mol. The predicted octanol–water partition coefficient (Wildman–Crippen LogP) is 1.85. The number of para-hydroxylation sites is 1. The Balaban J connectivity index is 1.94. The maximum atomic E-state index is 13.4. The summed E-state index contributed by atoms with van der Waals surface area (Å²) in [5.74, 6) is -1.76. The molecule has 1 N–H and O–H groups in total. The van der Waals surface area contributed by atoms with Gasteiger partial charge in [0, 0.05) is 0 Å². The minimum Gasteiger partial charge on any atom is -0.487 e. The first kappa shape index (κ1) is 13.3. The van der Waals surface area contributed by atoms with E-state index in [0.29, 0.717) is 0 Å². The summed E-state index contributed by atoms with van der Waals surface area (Å²) < 4.78 is 19.9. The number of carboxylic acids is 1. The summed E-state index contributed by atoms with van der Waals surface area (Å²) in [6, 6.07) is 4.22. The number of nitrogens with zero attached hydrogens (tertiary/aromatic N) is 3. The van der Waals surface area contributed by atoms with E-state index in [1.807, 2.05) is 0 Å². The number of aromatic carboxylic acids is 1. The molecule has 0 aliphatic heterocycles. The van der Waals surface area contributed by atoms with Crippen LogP contribution in [0.3, 0.4) is 0 Å². The molecule has 0 atom stereocenters. The van der Waals surface area contributed by atoms with E-state index >= 15 is 0 Å². The van der Waals surface area contributed by atoms with E-state index in [0.717, 1.165) is 0 Å². The van der Waals surface area contributed by atoms with E-state index < -0.39 is 11.8 Å². The van der Waals surface area contributed by atoms with E-state index in [4.69, 9.17) is 21.4 Å². The summed E-state index contributed by atoms with van der Waals surface area (Å²) in [4.78, 5) is 10.6. The SMILES string of the molecule is O=C(O)c1cn(CCOc2c(F)cccc2Cl)nn1. The number of ether oxygens (including phenoxy) is 1. The van der Waals surface area contributed by atoms with Gasteiger partial charge < -0.3 is 9.84 Å². The first-order valence-electron chi connectivity index (χ1n) is 5.28. The van der Waals surface area contributed by atoms with Crippen molar-refractivity contribution in [1.82, 2.24) is 15.0 Å². The highest BCUT2D eigenvalue weighted by Crippen LogP contribution is 2.26. The fraction of sp³-hybridized carbons (Fsp3) is 0.182. The number of hydrogen-bond donors (Lipinski definition) is 1. The molecule has 1 heterocycles. The molecule has 8 heteroatoms. The second kappa shape index (κ2) is 5.66. The van der Waals surface area contributed by atoms with Gasteiger partial charge in [0.05, 0.1) is 17.8 Å². The molecule has 100 valence electrons. The van der Waals surface area contributed by atoms with Crippen molar-refractivity contribution in [1.29, 1.82) is 0 Å². The van der Waals surface area contributed by atoms with Crippen molar-refractivity contribution in [3.63, 3.8) is 0 Å². The first-order valence-corrected chi connectivity index (χ1v) is 5.66. The van der Waals surface area contributed by atoms with Crippen LogP contribution in [0.2, 0.25) is 5.02 Å². The largest absolute Gasteiger partial charge is 0.487 e. The maximum absolute atomic E-state index is 13.4. The average molecular weight is 286 g/mol. The molecule has 0 spiro atoms. The van der Waals surface area contributed by atoms with Crippen molar-refractivity contribution >= 4 is 17.6 Å². The average Bonchev–Trinajstić information content (AvgIpc) is 2.82. The summed E-state index contributed by atoms with van der Waals surface area (Å²) in [6.45, 7) is 0.314. The van der Waals surface area contributed by atoms with Crippen LogP contribution < -0.4 is 4.74 Å². The topological polar surface area (TPSA) is 77.2 Å². The number of benzene rings is 1. The highest BCUT2D eigenvalue weighted by atomic mass is 35.5. The normalized spacial score (nSPS) is 10.4. The third kappa shape index (κ3) is 3.19. The van der Waals surface area contributed by atoms with Gasteiger partial charge in [-0.15, -0.1) is 5.10 Å². The van der Waals surface area contributed by atoms with Crippen molar-refractivity contribution in [2.24, 2.45) is 0 Å². The zero-order chi connectivity index (χ0) is 13.8. The van der Waals surface area contributed by atoms with Crippen LogP contribution in [0.4, 0.5) is 4.39 Å². The Morgan fingerprint density at radius 3 is 2.95 bits per heavy atom. The second-order valence-electron chi connectivity index (χ2n) is 3.57. The van der Waals surface area contributed by atoms with Crippen LogP contribution in [0.1, 0.15) is 10.5 Å². The Labute approximate surface area is 112 Å². The van der Waals surface area contributed by atoms with Gasteiger partial charge in [-0.2, -0.15) is 0 Å². The molecule has 0 bridgehead atoms. The van der Waals surface area contributed by atoms with E-state index in [-0.39, 0.29) is 29.6 Å². The summed E-state index contributed by atoms with van der Waals surface area (Å²) in [7, 11) is 0. The van der Waals surface area contributed by atoms with Crippen LogP contribution >= 0.6 is 11.6 Å². The maximum Gasteiger partial charge on any atom is 0.358 e. The Hall–Kier alpha value is -2.15. The van der Waals surface area contributed by atoms with Crippen LogP contribution in [-0.2, 0) is 6.54 Å². The van der Waals surface area contributed by atoms with Gasteiger partial charge in [0.1, 0.15) is 6.61 Å². The van der Waals surface area contributed by atoms with Gasteiger partial charge >= 0.3 is 5.97 Å². The first-order chi connectivity index (χ1) is 9.08. The second-order valence-corrected chi connectivity index (χ2v) is 3.98. The minimum atomic E-state index is -1.16. The zero-order valence-electron chi connectivity index (χ0n) is 9.58. The summed E-state index contributed by atoms with van der Waals surface area (Å²) in [5.41, 5.74) is -0.163. The zero-order valence-corrected chi connectivity index (χ0v) is 10.3. The van der Waals surface area contributed by atoms with E-state index in [9.17, 15) is 9.18 Å². The van der Waals surface area contributed by atoms with E-state index in [2.05, 4.69) is 10.3 Å². The summed E-state index contributed by atoms with van der Waals surface area (Å²) >= 11 is 5.78. The van der Waals surface area contributed by atoms with Crippen LogP contribution in [0, 0.1) is 5.82 Å². The molecule has 2 rings (SSSR count). The van der Waals surface area contributed by atoms with E-state index in [1.165, 1.54) is 29.1 Å². The smallest absolute Gasteiger partial charge is 0.358 e. The number of rotatable bonds is 5. The van der Waals surface area contributed by atoms with Crippen LogP contribution in [0.25, 0.3) is 0 Å². The molecule has 0 saturated carbocycles. The molecule has 0 amide bonds. The van der Waals surface area contributed by atoms with Gasteiger partial charge in [-0.25, -0.2) is 13.9 Å². The van der Waals surface area contributed by atoms with Crippen molar-refractivity contribution in [2.75, 3.05) is 6.61 Å². The molecule has 19 heavy (non-hydrogen) atoms. The molecule has 2 aromatic rings. The summed E-state index contributed by atoms with van der Waals surface area (Å²) in [5, 5.41) is 15.9. The van der Waals surface area contributed by atoms with Gasteiger partial charge in [-0.3, -0.25) is 0 Å². The van der Waals surface area contributed by atoms with Gasteiger partial charge in [-0.1, -0.05) is 22.9 Å². The standard InChI is InChI=1S/C11H9ClFN3O3/c12-7-2-1-3-8(13)10(7)19-5-4-16-6-9(11(17)18)14-15-16/h1-3,6H,4-5H2,(H,17,18). The van der Waals surface area contributed by atoms with Crippen molar-refractivity contribution in [2.45, 2.75) is 6.54 Å². The Kier molecular flexibility index (Phi) is 3.96. The molecule has 6 nitrogen and oxygen atoms in total. The molecule has 0 unspecified atom stereocenters. The molecule has 0 fully saturated rings. The van der Waals surface area contributed by atoms with Crippen LogP contribution in [0.15, 0.2) is 24.4 Å². The van der Waals surface area contributed by atoms with Gasteiger partial charge in [0.2, 0.25) is 0 Å². The Morgan fingerprint density at radius 2 is 2.32 bits per heavy atom. The fourth-order valence-corrected chi connectivity index (χ4v) is 1.58. The number of aromatic nitrogens is 3. The number of carbonyl (C=O) groups is 1. The van der Waals surface area contributed by atoms with Crippen LogP contribution in [-0.4, -0.2) is 32.7 Å². The highest BCUT2D eigenvalue weighted by Gasteiger charge is 2.10. The van der Waals surface area contributed by atoms with E-state index in [1.54, 1.807) is 0 Å². The fourth-order valence-electron chi connectivity index (χ4n) is 1.37. The Bertz CT molecular complexity index is 582. The lowest BCUT2D eigenvalue weighted by atomic mass is 10.3. The van der Waals surface area contributed by atoms with Gasteiger partial charge in [-0.05, 0) is 12.1 Å². The predicted molar refractivity (Wildman–Crippen MR) is 63.9 cm³/mol. The molecule has 0 aliphatic carbocycles. The lowest BCUT2D eigenvalue weighted by Crippen LogP contribution is -2.09. The lowest BCUT2D eigenvalue weighted by molar-refractivity contribution is 0.0690. The van der Waals surface area contributed by atoms with Crippen molar-refractivity contribution < 1.29 is 19.0 Å². The lowest BCUT2D eigenvalue weighted by Gasteiger charge is -2.08. The molecule has 1 aromatic carbocycles. The number of carboxylic acid groups (broad SMARTS) is 1. The molecular weight excluding hydrogens is 277 g/mol. The summed E-state index contributed by atoms with van der Waals surface area (Å²) in [6.07, 6.45) is 1.26. The van der Waals surface area contributed by atoms with Gasteiger partial charge in [0.15, 0.2) is 17.3 Å². The third-order valence-electron chi connectivity index (χ3n) is 2.24. The number of hydrogen-bond acceptors (Lipinski definition) is 4. The van der Waals surface area contributed by atoms with Crippen LogP contribution in [0.5, 0.6) is 5.75 Å². The molecule has 0 aliphatic rings. The highest BCUT2D eigenvalue weighted by molar-refractivity contribution is 6.32. The Morgan fingerprint density at radius 1 is 1.53 bits per heavy atom. The number of halogens is 2.